The molecular weight excluding hydrogens is 238 g/mol. The first kappa shape index (κ1) is 13.4. The summed E-state index contributed by atoms with van der Waals surface area (Å²) in [6.45, 7) is 4.27. The molecule has 1 heterocycles. The molecule has 0 bridgehead atoms. The molecular formula is C16H19NO2. The standard InChI is InChI=1S/C16H19NO2/c1-11(2)12(7-5-9-16(18)19)14-10-17-15-8-4-3-6-13(14)15/h3-4,6-8,10-11,17H,5,9H2,1-2H3,(H,18,19)/b12-7+. The molecule has 0 aliphatic rings. The van der Waals surface area contributed by atoms with Gasteiger partial charge in [0.15, 0.2) is 0 Å². The molecule has 19 heavy (non-hydrogen) atoms. The molecule has 0 spiro atoms. The summed E-state index contributed by atoms with van der Waals surface area (Å²) >= 11 is 0. The zero-order chi connectivity index (χ0) is 13.8. The Morgan fingerprint density at radius 2 is 2.11 bits per heavy atom. The highest BCUT2D eigenvalue weighted by Gasteiger charge is 2.11. The fourth-order valence-corrected chi connectivity index (χ4v) is 2.32. The zero-order valence-electron chi connectivity index (χ0n) is 11.3. The summed E-state index contributed by atoms with van der Waals surface area (Å²) in [5.41, 5.74) is 3.50. The van der Waals surface area contributed by atoms with Gasteiger partial charge in [0.05, 0.1) is 0 Å². The Kier molecular flexibility index (Phi) is 4.05. The molecule has 0 aliphatic heterocycles. The molecule has 2 N–H and O–H groups in total. The van der Waals surface area contributed by atoms with Gasteiger partial charge >= 0.3 is 5.97 Å². The molecule has 0 saturated heterocycles. The third-order valence-electron chi connectivity index (χ3n) is 3.24. The van der Waals surface area contributed by atoms with Crippen molar-refractivity contribution < 1.29 is 9.90 Å². The lowest BCUT2D eigenvalue weighted by molar-refractivity contribution is -0.136. The third kappa shape index (κ3) is 3.05. The van der Waals surface area contributed by atoms with Crippen molar-refractivity contribution in [3.8, 4) is 0 Å². The fraction of sp³-hybridized carbons (Fsp3) is 0.312. The summed E-state index contributed by atoms with van der Waals surface area (Å²) in [7, 11) is 0. The van der Waals surface area contributed by atoms with Crippen LogP contribution in [0, 0.1) is 5.92 Å². The average molecular weight is 257 g/mol. The molecule has 2 rings (SSSR count). The second-order valence-electron chi connectivity index (χ2n) is 4.99. The van der Waals surface area contributed by atoms with Crippen LogP contribution in [0.25, 0.3) is 16.5 Å². The van der Waals surface area contributed by atoms with Crippen LogP contribution < -0.4 is 0 Å². The number of benzene rings is 1. The molecule has 0 aliphatic carbocycles. The predicted octanol–water partition coefficient (Wildman–Crippen LogP) is 4.07. The molecule has 0 radical (unpaired) electrons. The van der Waals surface area contributed by atoms with E-state index in [1.54, 1.807) is 0 Å². The first-order chi connectivity index (χ1) is 9.09. The number of allylic oxidation sites excluding steroid dienone is 2. The van der Waals surface area contributed by atoms with Crippen LogP contribution in [0.3, 0.4) is 0 Å². The van der Waals surface area contributed by atoms with Gasteiger partial charge in [-0.3, -0.25) is 4.79 Å². The van der Waals surface area contributed by atoms with Crippen LogP contribution in [0.4, 0.5) is 0 Å². The second kappa shape index (κ2) is 5.74. The number of aromatic nitrogens is 1. The van der Waals surface area contributed by atoms with E-state index in [4.69, 9.17) is 5.11 Å². The maximum Gasteiger partial charge on any atom is 0.303 e. The number of nitrogens with one attached hydrogen (secondary N) is 1. The molecule has 0 amide bonds. The number of hydrogen-bond acceptors (Lipinski definition) is 1. The Balaban J connectivity index is 2.36. The molecule has 3 heteroatoms. The van der Waals surface area contributed by atoms with Crippen LogP contribution in [-0.2, 0) is 4.79 Å². The summed E-state index contributed by atoms with van der Waals surface area (Å²) in [4.78, 5) is 13.9. The van der Waals surface area contributed by atoms with Crippen LogP contribution in [-0.4, -0.2) is 16.1 Å². The minimum atomic E-state index is -0.752. The molecule has 0 saturated carbocycles. The van der Waals surface area contributed by atoms with E-state index in [0.717, 1.165) is 5.52 Å². The van der Waals surface area contributed by atoms with E-state index in [-0.39, 0.29) is 6.42 Å². The Hall–Kier alpha value is -2.03. The predicted molar refractivity (Wildman–Crippen MR) is 78.0 cm³/mol. The van der Waals surface area contributed by atoms with Gasteiger partial charge in [0.2, 0.25) is 0 Å². The lowest BCUT2D eigenvalue weighted by Gasteiger charge is -2.10. The van der Waals surface area contributed by atoms with Crippen molar-refractivity contribution >= 4 is 22.4 Å². The van der Waals surface area contributed by atoms with Crippen LogP contribution >= 0.6 is 0 Å². The first-order valence-electron chi connectivity index (χ1n) is 6.58. The number of carbonyl (C=O) groups is 1. The number of rotatable bonds is 5. The van der Waals surface area contributed by atoms with Crippen LogP contribution in [0.1, 0.15) is 32.3 Å². The number of H-pyrrole nitrogens is 1. The van der Waals surface area contributed by atoms with Gasteiger partial charge in [0.25, 0.3) is 0 Å². The lowest BCUT2D eigenvalue weighted by atomic mass is 9.93. The van der Waals surface area contributed by atoms with E-state index in [9.17, 15) is 4.79 Å². The van der Waals surface area contributed by atoms with Gasteiger partial charge < -0.3 is 10.1 Å². The fourth-order valence-electron chi connectivity index (χ4n) is 2.32. The van der Waals surface area contributed by atoms with Gasteiger partial charge in [-0.15, -0.1) is 0 Å². The Bertz CT molecular complexity index is 608. The molecule has 0 fully saturated rings. The summed E-state index contributed by atoms with van der Waals surface area (Å²) in [5, 5.41) is 9.92. The molecule has 1 aromatic heterocycles. The van der Waals surface area contributed by atoms with Crippen molar-refractivity contribution in [1.29, 1.82) is 0 Å². The van der Waals surface area contributed by atoms with Gasteiger partial charge in [0.1, 0.15) is 0 Å². The lowest BCUT2D eigenvalue weighted by Crippen LogP contribution is -1.96. The number of aliphatic carboxylic acids is 1. The van der Waals surface area contributed by atoms with E-state index in [1.165, 1.54) is 16.5 Å². The van der Waals surface area contributed by atoms with Crippen LogP contribution in [0.2, 0.25) is 0 Å². The van der Waals surface area contributed by atoms with Crippen molar-refractivity contribution in [2.75, 3.05) is 0 Å². The van der Waals surface area contributed by atoms with E-state index in [0.29, 0.717) is 12.3 Å². The van der Waals surface area contributed by atoms with Gasteiger partial charge in [0, 0.05) is 29.1 Å². The average Bonchev–Trinajstić information content (AvgIpc) is 2.77. The molecule has 1 aromatic carbocycles. The van der Waals surface area contributed by atoms with Crippen LogP contribution in [0.5, 0.6) is 0 Å². The Labute approximate surface area is 113 Å². The van der Waals surface area contributed by atoms with E-state index >= 15 is 0 Å². The summed E-state index contributed by atoms with van der Waals surface area (Å²) in [6, 6.07) is 8.17. The number of hydrogen-bond donors (Lipinski definition) is 2. The van der Waals surface area contributed by atoms with Crippen molar-refractivity contribution in [3.05, 3.63) is 42.1 Å². The van der Waals surface area contributed by atoms with Gasteiger partial charge in [-0.25, -0.2) is 0 Å². The number of fused-ring (bicyclic) bond motifs is 1. The van der Waals surface area contributed by atoms with Gasteiger partial charge in [-0.1, -0.05) is 38.1 Å². The second-order valence-corrected chi connectivity index (χ2v) is 4.99. The highest BCUT2D eigenvalue weighted by molar-refractivity contribution is 5.92. The molecule has 2 aromatic rings. The van der Waals surface area contributed by atoms with Crippen molar-refractivity contribution in [2.24, 2.45) is 5.92 Å². The topological polar surface area (TPSA) is 53.1 Å². The van der Waals surface area contributed by atoms with E-state index < -0.39 is 5.97 Å². The van der Waals surface area contributed by atoms with Gasteiger partial charge in [-0.2, -0.15) is 0 Å². The minimum absolute atomic E-state index is 0.179. The zero-order valence-corrected chi connectivity index (χ0v) is 11.3. The van der Waals surface area contributed by atoms with Crippen molar-refractivity contribution in [3.63, 3.8) is 0 Å². The van der Waals surface area contributed by atoms with Gasteiger partial charge in [-0.05, 0) is 24.0 Å². The molecule has 0 unspecified atom stereocenters. The smallest absolute Gasteiger partial charge is 0.303 e. The monoisotopic (exact) mass is 257 g/mol. The van der Waals surface area contributed by atoms with Crippen molar-refractivity contribution in [2.45, 2.75) is 26.7 Å². The maximum absolute atomic E-state index is 10.6. The highest BCUT2D eigenvalue weighted by Crippen LogP contribution is 2.30. The quantitative estimate of drug-likeness (QED) is 0.848. The Morgan fingerprint density at radius 1 is 1.37 bits per heavy atom. The third-order valence-corrected chi connectivity index (χ3v) is 3.24. The highest BCUT2D eigenvalue weighted by atomic mass is 16.4. The maximum atomic E-state index is 10.6. The number of carboxylic acids is 1. The number of aromatic amines is 1. The van der Waals surface area contributed by atoms with E-state index in [2.05, 4.69) is 31.0 Å². The molecule has 3 nitrogen and oxygen atoms in total. The number of para-hydroxylation sites is 1. The summed E-state index contributed by atoms with van der Waals surface area (Å²) in [5.74, 6) is -0.383. The largest absolute Gasteiger partial charge is 0.481 e. The normalized spacial score (nSPS) is 12.3. The summed E-state index contributed by atoms with van der Waals surface area (Å²) in [6.07, 6.45) is 4.81. The summed E-state index contributed by atoms with van der Waals surface area (Å²) < 4.78 is 0. The number of carboxylic acid groups (broad SMARTS) is 1. The Morgan fingerprint density at radius 3 is 2.79 bits per heavy atom. The van der Waals surface area contributed by atoms with Crippen molar-refractivity contribution in [1.82, 2.24) is 4.98 Å². The van der Waals surface area contributed by atoms with Crippen LogP contribution in [0.15, 0.2) is 36.5 Å². The van der Waals surface area contributed by atoms with E-state index in [1.807, 2.05) is 24.4 Å². The minimum Gasteiger partial charge on any atom is -0.481 e. The molecule has 0 atom stereocenters. The SMILES string of the molecule is CC(C)/C(=C\CCC(=O)O)c1c[nH]c2ccccc12. The first-order valence-corrected chi connectivity index (χ1v) is 6.58. The molecule has 100 valence electrons.